The number of nitrogens with zero attached hydrogens (tertiary/aromatic N) is 3. The Morgan fingerprint density at radius 2 is 2.05 bits per heavy atom. The largest absolute Gasteiger partial charge is 0.454 e. The Hall–Kier alpha value is -2.96. The van der Waals surface area contributed by atoms with Crippen molar-refractivity contribution >= 4 is 22.6 Å². The number of benzene rings is 1. The average Bonchev–Trinajstić information content (AvgIpc) is 2.80. The smallest absolute Gasteiger partial charge is 0.319 e. The molecule has 0 amide bonds. The fourth-order valence-corrected chi connectivity index (χ4v) is 2.08. The topological polar surface area (TPSA) is 108 Å². The lowest BCUT2D eigenvalue weighted by Crippen LogP contribution is -2.04. The van der Waals surface area contributed by atoms with Gasteiger partial charge in [-0.2, -0.15) is 0 Å². The summed E-state index contributed by atoms with van der Waals surface area (Å²) in [5.41, 5.74) is 6.31. The first kappa shape index (κ1) is 12.1. The molecule has 7 heteroatoms. The molecule has 0 spiro atoms. The summed E-state index contributed by atoms with van der Waals surface area (Å²) in [5, 5.41) is 12.0. The molecule has 0 aliphatic heterocycles. The third kappa shape index (κ3) is 1.85. The van der Waals surface area contributed by atoms with Gasteiger partial charge in [0.1, 0.15) is 11.3 Å². The van der Waals surface area contributed by atoms with Gasteiger partial charge in [-0.25, -0.2) is 9.97 Å². The zero-order chi connectivity index (χ0) is 14.3. The molecular formula is C13H10N4O3. The highest BCUT2D eigenvalue weighted by atomic mass is 16.6. The summed E-state index contributed by atoms with van der Waals surface area (Å²) in [6, 6.07) is 9.01. The molecule has 0 unspecified atom stereocenters. The molecule has 1 aromatic carbocycles. The molecule has 7 nitrogen and oxygen atoms in total. The predicted octanol–water partition coefficient (Wildman–Crippen LogP) is 2.69. The van der Waals surface area contributed by atoms with Crippen LogP contribution in [0.2, 0.25) is 0 Å². The quantitative estimate of drug-likeness (QED) is 0.566. The first-order valence-electron chi connectivity index (χ1n) is 5.83. The van der Waals surface area contributed by atoms with E-state index >= 15 is 0 Å². The molecular weight excluding hydrogens is 260 g/mol. The monoisotopic (exact) mass is 270 g/mol. The van der Waals surface area contributed by atoms with Crippen molar-refractivity contribution in [2.75, 3.05) is 5.73 Å². The molecule has 0 radical (unpaired) electrons. The van der Waals surface area contributed by atoms with Crippen molar-refractivity contribution in [2.24, 2.45) is 0 Å². The molecule has 0 aliphatic carbocycles. The van der Waals surface area contributed by atoms with E-state index in [1.165, 1.54) is 6.92 Å². The molecule has 0 fully saturated rings. The number of hydrogen-bond donors (Lipinski definition) is 1. The Balaban J connectivity index is 2.30. The number of para-hydroxylation sites is 1. The number of furan rings is 1. The van der Waals surface area contributed by atoms with Gasteiger partial charge in [0.15, 0.2) is 11.5 Å². The van der Waals surface area contributed by atoms with Crippen LogP contribution in [0.15, 0.2) is 34.7 Å². The van der Waals surface area contributed by atoms with Gasteiger partial charge in [0.2, 0.25) is 5.95 Å². The van der Waals surface area contributed by atoms with Gasteiger partial charge in [-0.3, -0.25) is 10.1 Å². The van der Waals surface area contributed by atoms with Crippen LogP contribution in [0.1, 0.15) is 5.69 Å². The highest BCUT2D eigenvalue weighted by molar-refractivity contribution is 5.84. The van der Waals surface area contributed by atoms with E-state index in [1.807, 2.05) is 18.2 Å². The van der Waals surface area contributed by atoms with Crippen molar-refractivity contribution in [1.82, 2.24) is 9.97 Å². The van der Waals surface area contributed by atoms with Crippen LogP contribution < -0.4 is 5.73 Å². The lowest BCUT2D eigenvalue weighted by molar-refractivity contribution is -0.385. The van der Waals surface area contributed by atoms with Crippen LogP contribution >= 0.6 is 0 Å². The molecule has 0 atom stereocenters. The van der Waals surface area contributed by atoms with E-state index in [2.05, 4.69) is 9.97 Å². The van der Waals surface area contributed by atoms with E-state index in [9.17, 15) is 10.1 Å². The summed E-state index contributed by atoms with van der Waals surface area (Å²) in [4.78, 5) is 18.4. The average molecular weight is 270 g/mol. The predicted molar refractivity (Wildman–Crippen MR) is 73.0 cm³/mol. The summed E-state index contributed by atoms with van der Waals surface area (Å²) in [6.07, 6.45) is 0. The zero-order valence-electron chi connectivity index (χ0n) is 10.5. The lowest BCUT2D eigenvalue weighted by Gasteiger charge is -2.02. The number of nitro groups is 1. The summed E-state index contributed by atoms with van der Waals surface area (Å²) in [6.45, 7) is 1.52. The molecule has 0 saturated heterocycles. The third-order valence-corrected chi connectivity index (χ3v) is 2.92. The van der Waals surface area contributed by atoms with Gasteiger partial charge in [-0.15, -0.1) is 0 Å². The van der Waals surface area contributed by atoms with Gasteiger partial charge < -0.3 is 10.2 Å². The number of aromatic nitrogens is 2. The molecule has 2 heterocycles. The van der Waals surface area contributed by atoms with Crippen LogP contribution in [0, 0.1) is 17.0 Å². The second-order valence-corrected chi connectivity index (χ2v) is 4.27. The van der Waals surface area contributed by atoms with Crippen LogP contribution in [0.3, 0.4) is 0 Å². The standard InChI is InChI=1S/C13H10N4O3/c1-7-12(17(18)19)11(16-13(14)15-7)10-6-8-4-2-3-5-9(8)20-10/h2-6H,1H3,(H2,14,15,16). The van der Waals surface area contributed by atoms with Crippen LogP contribution in [-0.2, 0) is 0 Å². The first-order chi connectivity index (χ1) is 9.56. The van der Waals surface area contributed by atoms with E-state index in [0.717, 1.165) is 5.39 Å². The van der Waals surface area contributed by atoms with Gasteiger partial charge in [0, 0.05) is 5.39 Å². The fourth-order valence-electron chi connectivity index (χ4n) is 2.08. The number of nitrogens with two attached hydrogens (primary N) is 1. The van der Waals surface area contributed by atoms with Crippen molar-refractivity contribution < 1.29 is 9.34 Å². The van der Waals surface area contributed by atoms with E-state index in [4.69, 9.17) is 10.2 Å². The van der Waals surface area contributed by atoms with Crippen LogP contribution in [0.25, 0.3) is 22.4 Å². The van der Waals surface area contributed by atoms with Crippen LogP contribution in [0.5, 0.6) is 0 Å². The second kappa shape index (κ2) is 4.30. The molecule has 3 rings (SSSR count). The Labute approximate surface area is 113 Å². The van der Waals surface area contributed by atoms with E-state index in [-0.39, 0.29) is 23.0 Å². The van der Waals surface area contributed by atoms with Gasteiger partial charge in [0.25, 0.3) is 0 Å². The number of aryl methyl sites for hydroxylation is 1. The van der Waals surface area contributed by atoms with Crippen LogP contribution in [0.4, 0.5) is 11.6 Å². The van der Waals surface area contributed by atoms with Gasteiger partial charge in [-0.1, -0.05) is 18.2 Å². The number of hydrogen-bond acceptors (Lipinski definition) is 6. The van der Waals surface area contributed by atoms with E-state index < -0.39 is 4.92 Å². The number of rotatable bonds is 2. The third-order valence-electron chi connectivity index (χ3n) is 2.92. The second-order valence-electron chi connectivity index (χ2n) is 4.27. The number of fused-ring (bicyclic) bond motifs is 1. The lowest BCUT2D eigenvalue weighted by atomic mass is 10.2. The fraction of sp³-hybridized carbons (Fsp3) is 0.0769. The molecule has 0 aliphatic rings. The zero-order valence-corrected chi connectivity index (χ0v) is 10.5. The van der Waals surface area contributed by atoms with Crippen LogP contribution in [-0.4, -0.2) is 14.9 Å². The SMILES string of the molecule is Cc1nc(N)nc(-c2cc3ccccc3o2)c1[N+](=O)[O-]. The molecule has 2 N–H and O–H groups in total. The Morgan fingerprint density at radius 3 is 2.75 bits per heavy atom. The number of anilines is 1. The van der Waals surface area contributed by atoms with Crippen molar-refractivity contribution in [3.8, 4) is 11.5 Å². The molecule has 100 valence electrons. The normalized spacial score (nSPS) is 10.8. The maximum Gasteiger partial charge on any atom is 0.319 e. The minimum atomic E-state index is -0.530. The molecule has 2 aromatic heterocycles. The summed E-state index contributed by atoms with van der Waals surface area (Å²) in [7, 11) is 0. The van der Waals surface area contributed by atoms with Crippen molar-refractivity contribution in [3.05, 3.63) is 46.1 Å². The van der Waals surface area contributed by atoms with Gasteiger partial charge in [0.05, 0.1) is 4.92 Å². The Morgan fingerprint density at radius 1 is 1.30 bits per heavy atom. The van der Waals surface area contributed by atoms with Gasteiger partial charge in [-0.05, 0) is 19.1 Å². The van der Waals surface area contributed by atoms with Crippen molar-refractivity contribution in [3.63, 3.8) is 0 Å². The summed E-state index contributed by atoms with van der Waals surface area (Å²) < 4.78 is 5.60. The molecule has 20 heavy (non-hydrogen) atoms. The summed E-state index contributed by atoms with van der Waals surface area (Å²) >= 11 is 0. The van der Waals surface area contributed by atoms with Crippen molar-refractivity contribution in [2.45, 2.75) is 6.92 Å². The molecule has 0 saturated carbocycles. The number of nitrogen functional groups attached to an aromatic ring is 1. The minimum absolute atomic E-state index is 0.0245. The maximum absolute atomic E-state index is 11.2. The van der Waals surface area contributed by atoms with E-state index in [0.29, 0.717) is 11.3 Å². The highest BCUT2D eigenvalue weighted by Gasteiger charge is 2.25. The van der Waals surface area contributed by atoms with Gasteiger partial charge >= 0.3 is 5.69 Å². The Bertz CT molecular complexity index is 793. The van der Waals surface area contributed by atoms with E-state index in [1.54, 1.807) is 12.1 Å². The Kier molecular flexibility index (Phi) is 2.60. The summed E-state index contributed by atoms with van der Waals surface area (Å²) in [5.74, 6) is 0.277. The molecule has 3 aromatic rings. The first-order valence-corrected chi connectivity index (χ1v) is 5.83. The maximum atomic E-state index is 11.2. The molecule has 0 bridgehead atoms. The van der Waals surface area contributed by atoms with Crippen molar-refractivity contribution in [1.29, 1.82) is 0 Å². The highest BCUT2D eigenvalue weighted by Crippen LogP contribution is 2.34. The minimum Gasteiger partial charge on any atom is -0.454 e.